The number of para-hydroxylation sites is 4. The Morgan fingerprint density at radius 3 is 1.35 bits per heavy atom. The van der Waals surface area contributed by atoms with E-state index in [2.05, 4.69) is 127 Å². The summed E-state index contributed by atoms with van der Waals surface area (Å²) in [5.74, 6) is 4.77. The third-order valence-electron chi connectivity index (χ3n) is 10.5. The summed E-state index contributed by atoms with van der Waals surface area (Å²) in [6.45, 7) is 0. The Balaban J connectivity index is 0.000000160. The summed E-state index contributed by atoms with van der Waals surface area (Å²) in [5.41, 5.74) is 5.30. The van der Waals surface area contributed by atoms with Crippen LogP contribution in [0.15, 0.2) is 209 Å². The van der Waals surface area contributed by atoms with Gasteiger partial charge in [-0.1, -0.05) is 145 Å². The molecule has 0 spiro atoms. The molecule has 10 rings (SSSR count). The molecular weight excluding hydrogens is 1140 g/mol. The van der Waals surface area contributed by atoms with E-state index in [0.29, 0.717) is 16.8 Å². The van der Waals surface area contributed by atoms with Gasteiger partial charge in [-0.3, -0.25) is 11.8 Å². The first-order chi connectivity index (χ1) is 28.7. The molecule has 0 N–H and O–H groups in total. The minimum Gasteiger partial charge on any atom is -0.474 e. The molecule has 300 valence electrons. The average Bonchev–Trinajstić information content (AvgIpc) is 3.88. The zero-order valence-electron chi connectivity index (χ0n) is 32.7. The van der Waals surface area contributed by atoms with Gasteiger partial charge in [0.05, 0.1) is 46.8 Å². The Bertz CT molecular complexity index is 2760. The topological polar surface area (TPSA) is 26.3 Å². The monoisotopic (exact) mass is 1180 g/mol. The van der Waals surface area contributed by atoms with Gasteiger partial charge in [-0.05, 0) is 54.6 Å². The normalized spacial score (nSPS) is 13.2. The van der Waals surface area contributed by atoms with Crippen LogP contribution in [0.1, 0.15) is 17.5 Å². The van der Waals surface area contributed by atoms with Crippen molar-refractivity contribution in [3.8, 4) is 11.8 Å². The Kier molecular flexibility index (Phi) is 16.4. The van der Waals surface area contributed by atoms with Crippen molar-refractivity contribution >= 4 is 75.6 Å². The predicted molar refractivity (Wildman–Crippen MR) is 251 cm³/mol. The van der Waals surface area contributed by atoms with Crippen LogP contribution in [-0.4, -0.2) is 18.0 Å². The number of hydrogen-bond donors (Lipinski definition) is 0. The summed E-state index contributed by atoms with van der Waals surface area (Å²) in [4.78, 5) is 0. The third kappa shape index (κ3) is 10.3. The fraction of sp³-hybridized carbons (Fsp3) is 0.0741. The van der Waals surface area contributed by atoms with Gasteiger partial charge in [-0.25, -0.2) is 0 Å². The molecule has 2 aromatic heterocycles. The maximum Gasteiger partial charge on any atom is 1.00 e. The van der Waals surface area contributed by atoms with Crippen molar-refractivity contribution in [1.29, 1.82) is 0 Å². The summed E-state index contributed by atoms with van der Waals surface area (Å²) in [5, 5.41) is 8.92. The van der Waals surface area contributed by atoms with Gasteiger partial charge in [0.2, 0.25) is 0 Å². The molecule has 0 aliphatic heterocycles. The largest absolute Gasteiger partial charge is 1.00 e. The van der Waals surface area contributed by atoms with Gasteiger partial charge in [0, 0.05) is 35.9 Å². The molecule has 2 atom stereocenters. The number of hydrogen-bond acceptors (Lipinski definition) is 2. The molecule has 2 unspecified atom stereocenters. The van der Waals surface area contributed by atoms with E-state index in [1.54, 1.807) is 5.30 Å². The van der Waals surface area contributed by atoms with Crippen molar-refractivity contribution in [3.05, 3.63) is 224 Å². The zero-order valence-corrected chi connectivity index (χ0v) is 39.0. The van der Waals surface area contributed by atoms with Gasteiger partial charge in [0.1, 0.15) is 17.3 Å². The van der Waals surface area contributed by atoms with Crippen LogP contribution in [0.25, 0.3) is 43.9 Å². The van der Waals surface area contributed by atoms with E-state index < -0.39 is 15.8 Å². The predicted octanol–water partition coefficient (Wildman–Crippen LogP) is 12.3. The van der Waals surface area contributed by atoms with Gasteiger partial charge in [-0.2, -0.15) is 0 Å². The van der Waals surface area contributed by atoms with E-state index in [4.69, 9.17) is 21.7 Å². The van der Waals surface area contributed by atoms with E-state index in [-0.39, 0.29) is 44.8 Å². The molecule has 0 saturated heterocycles. The minimum atomic E-state index is -0.756. The molecule has 60 heavy (non-hydrogen) atoms. The molecule has 1 aliphatic rings. The van der Waals surface area contributed by atoms with Crippen LogP contribution < -0.4 is 15.9 Å². The second kappa shape index (κ2) is 22.1. The molecule has 2 nitrogen and oxygen atoms in total. The van der Waals surface area contributed by atoms with E-state index in [0.717, 1.165) is 43.9 Å². The number of rotatable bonds is 7. The van der Waals surface area contributed by atoms with E-state index in [1.165, 1.54) is 29.4 Å². The van der Waals surface area contributed by atoms with Gasteiger partial charge < -0.3 is 21.7 Å². The molecule has 0 saturated carbocycles. The smallest absolute Gasteiger partial charge is 0.474 e. The molecule has 0 radical (unpaired) electrons. The first kappa shape index (κ1) is 44.6. The standard InChI is InChI=1S/C26H26P2.2C14H7O.2Au/c1-5-13-23(14-6-1)27(24-15-7-2-8-16-24)21-22-28(25-17-9-3-10-18-25)26-19-11-4-12-20-26;2*1-2-10-6-5-8-12-11-7-3-4-9-13(11)15-14(10)12;;/h1-19,26H,20-22H2;2*3-9H;;/q;2*-1;2*+1/p+2. The van der Waals surface area contributed by atoms with Crippen molar-refractivity contribution in [1.82, 2.24) is 0 Å². The molecule has 9 aromatic rings. The SMILES string of the molecule is C1=CCC([PH+](CC[PH+](c2ccccc2)c2ccccc2)c2ccccc2)C=C1.[Au+].[Au+].[C-]#Cc1cccc2c1oc1ccccc12.[C-]#Cc1cccc2c1oc1ccccc12. The molecule has 7 aromatic carbocycles. The van der Waals surface area contributed by atoms with Crippen LogP contribution in [0.5, 0.6) is 0 Å². The Hall–Kier alpha value is -4.92. The Morgan fingerprint density at radius 2 is 0.900 bits per heavy atom. The van der Waals surface area contributed by atoms with Gasteiger partial charge in [0.15, 0.2) is 0 Å². The molecule has 0 amide bonds. The Labute approximate surface area is 386 Å². The molecular formula is C54H42Au2O2P2+2. The van der Waals surface area contributed by atoms with Crippen molar-refractivity contribution in [2.75, 3.05) is 12.3 Å². The van der Waals surface area contributed by atoms with E-state index in [9.17, 15) is 0 Å². The molecule has 2 heterocycles. The van der Waals surface area contributed by atoms with E-state index in [1.807, 2.05) is 84.9 Å². The quantitative estimate of drug-likeness (QED) is 0.0688. The molecule has 0 bridgehead atoms. The van der Waals surface area contributed by atoms with Gasteiger partial charge >= 0.3 is 44.8 Å². The second-order valence-corrected chi connectivity index (χ2v) is 19.5. The number of benzene rings is 7. The van der Waals surface area contributed by atoms with Crippen LogP contribution in [0, 0.1) is 24.7 Å². The maximum absolute atomic E-state index is 7.19. The van der Waals surface area contributed by atoms with Crippen LogP contribution in [0.2, 0.25) is 0 Å². The van der Waals surface area contributed by atoms with Crippen LogP contribution in [0.4, 0.5) is 0 Å². The Morgan fingerprint density at radius 1 is 0.467 bits per heavy atom. The number of fused-ring (bicyclic) bond motifs is 6. The summed E-state index contributed by atoms with van der Waals surface area (Å²) in [7, 11) is -1.40. The van der Waals surface area contributed by atoms with Crippen molar-refractivity contribution in [2.24, 2.45) is 0 Å². The van der Waals surface area contributed by atoms with Crippen molar-refractivity contribution in [3.63, 3.8) is 0 Å². The van der Waals surface area contributed by atoms with E-state index >= 15 is 0 Å². The number of allylic oxidation sites excluding steroid dienone is 4. The average molecular weight is 1180 g/mol. The second-order valence-electron chi connectivity index (χ2n) is 14.1. The zero-order chi connectivity index (χ0) is 39.5. The molecule has 1 aliphatic carbocycles. The summed E-state index contributed by atoms with van der Waals surface area (Å²) in [6, 6.07) is 60.9. The molecule has 0 fully saturated rings. The van der Waals surface area contributed by atoms with Crippen LogP contribution >= 0.6 is 15.8 Å². The first-order valence-electron chi connectivity index (χ1n) is 19.6. The summed E-state index contributed by atoms with van der Waals surface area (Å²) in [6.07, 6.45) is 27.5. The summed E-state index contributed by atoms with van der Waals surface area (Å²) >= 11 is 0. The van der Waals surface area contributed by atoms with Crippen molar-refractivity contribution in [2.45, 2.75) is 12.1 Å². The fourth-order valence-corrected chi connectivity index (χ4v) is 14.4. The summed E-state index contributed by atoms with van der Waals surface area (Å²) < 4.78 is 11.4. The van der Waals surface area contributed by atoms with Crippen molar-refractivity contribution < 1.29 is 53.6 Å². The van der Waals surface area contributed by atoms with Crippen LogP contribution in [-0.2, 0) is 44.8 Å². The van der Waals surface area contributed by atoms with Gasteiger partial charge in [0.25, 0.3) is 0 Å². The van der Waals surface area contributed by atoms with Crippen LogP contribution in [0.3, 0.4) is 0 Å². The maximum atomic E-state index is 7.19. The first-order valence-corrected chi connectivity index (χ1v) is 23.1. The minimum absolute atomic E-state index is 0. The molecule has 6 heteroatoms. The fourth-order valence-electron chi connectivity index (χ4n) is 7.72. The van der Waals surface area contributed by atoms with Gasteiger partial charge in [-0.15, -0.1) is 12.1 Å². The third-order valence-corrected chi connectivity index (χ3v) is 17.0. The number of furan rings is 2.